The van der Waals surface area contributed by atoms with Gasteiger partial charge in [0.1, 0.15) is 5.75 Å². The zero-order valence-corrected chi connectivity index (χ0v) is 13.8. The van der Waals surface area contributed by atoms with Gasteiger partial charge in [0, 0.05) is 18.5 Å². The number of ether oxygens (including phenoxy) is 1. The van der Waals surface area contributed by atoms with Gasteiger partial charge >= 0.3 is 0 Å². The molecule has 0 aromatic heterocycles. The van der Waals surface area contributed by atoms with Gasteiger partial charge in [-0.2, -0.15) is 0 Å². The first-order valence-electron chi connectivity index (χ1n) is 7.90. The van der Waals surface area contributed by atoms with Gasteiger partial charge in [0.2, 0.25) is 10.0 Å². The summed E-state index contributed by atoms with van der Waals surface area (Å²) in [5, 5.41) is 0. The quantitative estimate of drug-likeness (QED) is 0.942. The van der Waals surface area contributed by atoms with Crippen molar-refractivity contribution in [1.29, 1.82) is 0 Å². The van der Waals surface area contributed by atoms with Crippen LogP contribution in [0.1, 0.15) is 34.7 Å². The van der Waals surface area contributed by atoms with E-state index in [1.165, 1.54) is 11.1 Å². The third kappa shape index (κ3) is 2.64. The second-order valence-corrected chi connectivity index (χ2v) is 8.00. The fraction of sp³-hybridized carbons (Fsp3) is 0.333. The molecule has 120 valence electrons. The number of aryl methyl sites for hydroxylation is 2. The Morgan fingerprint density at radius 2 is 1.96 bits per heavy atom. The van der Waals surface area contributed by atoms with Crippen molar-refractivity contribution in [2.45, 2.75) is 37.1 Å². The molecule has 1 heterocycles. The minimum absolute atomic E-state index is 0.148. The first-order valence-corrected chi connectivity index (χ1v) is 9.39. The normalized spacial score (nSPS) is 19.3. The van der Waals surface area contributed by atoms with Gasteiger partial charge in [0.15, 0.2) is 0 Å². The molecule has 1 aliphatic heterocycles. The molecule has 0 radical (unpaired) electrons. The highest BCUT2D eigenvalue weighted by molar-refractivity contribution is 7.89. The fourth-order valence-electron chi connectivity index (χ4n) is 3.44. The van der Waals surface area contributed by atoms with Crippen LogP contribution >= 0.6 is 0 Å². The lowest BCUT2D eigenvalue weighted by atomic mass is 10.1. The number of fused-ring (bicyclic) bond motifs is 2. The highest BCUT2D eigenvalue weighted by atomic mass is 32.2. The Kier molecular flexibility index (Phi) is 3.43. The Labute approximate surface area is 136 Å². The van der Waals surface area contributed by atoms with Gasteiger partial charge in [-0.3, -0.25) is 0 Å². The molecule has 2 aromatic rings. The molecule has 0 amide bonds. The summed E-state index contributed by atoms with van der Waals surface area (Å²) in [5.41, 5.74) is 4.63. The zero-order valence-electron chi connectivity index (χ0n) is 13.0. The van der Waals surface area contributed by atoms with E-state index in [-0.39, 0.29) is 10.9 Å². The maximum atomic E-state index is 12.7. The lowest BCUT2D eigenvalue weighted by molar-refractivity contribution is 0.356. The van der Waals surface area contributed by atoms with Gasteiger partial charge in [-0.25, -0.2) is 13.1 Å². The molecule has 4 rings (SSSR count). The molecule has 5 heteroatoms. The molecule has 0 bridgehead atoms. The maximum absolute atomic E-state index is 12.7. The van der Waals surface area contributed by atoms with Gasteiger partial charge in [-0.1, -0.05) is 29.8 Å². The number of benzene rings is 2. The molecular formula is C18H19NO3S. The van der Waals surface area contributed by atoms with E-state index in [0.717, 1.165) is 30.4 Å². The van der Waals surface area contributed by atoms with E-state index >= 15 is 0 Å². The summed E-state index contributed by atoms with van der Waals surface area (Å²) in [7, 11) is -3.55. The lowest BCUT2D eigenvalue weighted by Crippen LogP contribution is -2.27. The van der Waals surface area contributed by atoms with Crippen LogP contribution in [-0.4, -0.2) is 15.0 Å². The van der Waals surface area contributed by atoms with Gasteiger partial charge in [0.25, 0.3) is 0 Å². The predicted octanol–water partition coefficient (Wildman–Crippen LogP) is 2.90. The third-order valence-corrected chi connectivity index (χ3v) is 6.12. The number of sulfonamides is 1. The average Bonchev–Trinajstić information content (AvgIpc) is 3.13. The fourth-order valence-corrected chi connectivity index (χ4v) is 4.70. The van der Waals surface area contributed by atoms with E-state index in [2.05, 4.69) is 17.7 Å². The van der Waals surface area contributed by atoms with Crippen LogP contribution in [0.15, 0.2) is 41.3 Å². The standard InChI is InChI=1S/C18H19NO3S/c1-12-2-6-16-14(10-12)4-7-17(16)19-23(20,21)15-5-3-13-8-9-22-18(13)11-15/h2-3,5-6,10-11,17,19H,4,7-9H2,1H3. The first kappa shape index (κ1) is 14.7. The van der Waals surface area contributed by atoms with Crippen molar-refractivity contribution in [1.82, 2.24) is 4.72 Å². The van der Waals surface area contributed by atoms with Gasteiger partial charge in [0.05, 0.1) is 11.5 Å². The molecule has 0 spiro atoms. The summed E-state index contributed by atoms with van der Waals surface area (Å²) in [6.45, 7) is 2.68. The summed E-state index contributed by atoms with van der Waals surface area (Å²) >= 11 is 0. The Balaban J connectivity index is 1.62. The monoisotopic (exact) mass is 329 g/mol. The van der Waals surface area contributed by atoms with E-state index in [1.54, 1.807) is 12.1 Å². The summed E-state index contributed by atoms with van der Waals surface area (Å²) in [6.07, 6.45) is 2.56. The minimum atomic E-state index is -3.55. The zero-order chi connectivity index (χ0) is 16.0. The summed E-state index contributed by atoms with van der Waals surface area (Å²) in [6, 6.07) is 11.2. The van der Waals surface area contributed by atoms with Crippen molar-refractivity contribution in [2.75, 3.05) is 6.61 Å². The van der Waals surface area contributed by atoms with E-state index in [4.69, 9.17) is 4.74 Å². The molecule has 1 N–H and O–H groups in total. The number of nitrogens with one attached hydrogen (secondary N) is 1. The van der Waals surface area contributed by atoms with Crippen LogP contribution in [-0.2, 0) is 22.9 Å². The van der Waals surface area contributed by atoms with E-state index in [9.17, 15) is 8.42 Å². The summed E-state index contributed by atoms with van der Waals surface area (Å²) < 4.78 is 33.7. The molecule has 0 saturated carbocycles. The van der Waals surface area contributed by atoms with E-state index < -0.39 is 10.0 Å². The first-order chi connectivity index (χ1) is 11.0. The van der Waals surface area contributed by atoms with Crippen molar-refractivity contribution >= 4 is 10.0 Å². The number of hydrogen-bond acceptors (Lipinski definition) is 3. The molecule has 1 unspecified atom stereocenters. The average molecular weight is 329 g/mol. The van der Waals surface area contributed by atoms with Crippen molar-refractivity contribution in [3.8, 4) is 5.75 Å². The molecule has 1 atom stereocenters. The van der Waals surface area contributed by atoms with Crippen LogP contribution in [0.4, 0.5) is 0 Å². The minimum Gasteiger partial charge on any atom is -0.493 e. The van der Waals surface area contributed by atoms with Gasteiger partial charge in [-0.05, 0) is 42.5 Å². The highest BCUT2D eigenvalue weighted by Gasteiger charge is 2.28. The van der Waals surface area contributed by atoms with E-state index in [1.807, 2.05) is 18.2 Å². The number of rotatable bonds is 3. The Morgan fingerprint density at radius 1 is 1.09 bits per heavy atom. The Hall–Kier alpha value is -1.85. The van der Waals surface area contributed by atoms with Gasteiger partial charge < -0.3 is 4.74 Å². The van der Waals surface area contributed by atoms with Crippen LogP contribution in [0, 0.1) is 6.92 Å². The summed E-state index contributed by atoms with van der Waals surface area (Å²) in [5.74, 6) is 0.690. The van der Waals surface area contributed by atoms with Crippen molar-refractivity contribution in [3.63, 3.8) is 0 Å². The van der Waals surface area contributed by atoms with E-state index in [0.29, 0.717) is 12.4 Å². The van der Waals surface area contributed by atoms with Crippen LogP contribution in [0.2, 0.25) is 0 Å². The lowest BCUT2D eigenvalue weighted by Gasteiger charge is -2.15. The smallest absolute Gasteiger partial charge is 0.241 e. The predicted molar refractivity (Wildman–Crippen MR) is 88.2 cm³/mol. The molecule has 0 saturated heterocycles. The van der Waals surface area contributed by atoms with Crippen LogP contribution in [0.5, 0.6) is 5.75 Å². The maximum Gasteiger partial charge on any atom is 0.241 e. The molecule has 4 nitrogen and oxygen atoms in total. The molecule has 23 heavy (non-hydrogen) atoms. The Morgan fingerprint density at radius 3 is 2.83 bits per heavy atom. The SMILES string of the molecule is Cc1ccc2c(c1)CCC2NS(=O)(=O)c1ccc2c(c1)OCC2. The van der Waals surface area contributed by atoms with Crippen LogP contribution in [0.25, 0.3) is 0 Å². The topological polar surface area (TPSA) is 55.4 Å². The van der Waals surface area contributed by atoms with Gasteiger partial charge in [-0.15, -0.1) is 0 Å². The number of hydrogen-bond donors (Lipinski definition) is 1. The molecule has 2 aromatic carbocycles. The van der Waals surface area contributed by atoms with Crippen molar-refractivity contribution < 1.29 is 13.2 Å². The van der Waals surface area contributed by atoms with Crippen molar-refractivity contribution in [2.24, 2.45) is 0 Å². The highest BCUT2D eigenvalue weighted by Crippen LogP contribution is 2.34. The van der Waals surface area contributed by atoms with Crippen LogP contribution < -0.4 is 9.46 Å². The Bertz CT molecular complexity index is 874. The van der Waals surface area contributed by atoms with Crippen LogP contribution in [0.3, 0.4) is 0 Å². The third-order valence-electron chi connectivity index (χ3n) is 4.65. The molecular weight excluding hydrogens is 310 g/mol. The summed E-state index contributed by atoms with van der Waals surface area (Å²) in [4.78, 5) is 0.277. The second kappa shape index (κ2) is 5.35. The second-order valence-electron chi connectivity index (χ2n) is 6.28. The molecule has 1 aliphatic carbocycles. The molecule has 0 fully saturated rings. The largest absolute Gasteiger partial charge is 0.493 e. The van der Waals surface area contributed by atoms with Crippen molar-refractivity contribution in [3.05, 3.63) is 58.7 Å². The molecule has 2 aliphatic rings.